The Labute approximate surface area is 189 Å². The highest BCUT2D eigenvalue weighted by atomic mass is 16.5. The van der Waals surface area contributed by atoms with Crippen LogP contribution in [0.15, 0.2) is 35.0 Å². The molecule has 3 N–H and O–H groups in total. The average molecular weight is 437 g/mol. The summed E-state index contributed by atoms with van der Waals surface area (Å²) < 4.78 is 6.43. The molecule has 1 saturated carbocycles. The zero-order chi connectivity index (χ0) is 22.7. The Morgan fingerprint density at radius 3 is 2.69 bits per heavy atom. The third-order valence-electron chi connectivity index (χ3n) is 5.99. The number of fused-ring (bicyclic) bond motifs is 1. The summed E-state index contributed by atoms with van der Waals surface area (Å²) in [5.74, 6) is 2.14. The number of aryl methyl sites for hydroxylation is 1. The van der Waals surface area contributed by atoms with Gasteiger partial charge in [0.05, 0.1) is 0 Å². The lowest BCUT2D eigenvalue weighted by Crippen LogP contribution is -2.29. The molecule has 2 unspecified atom stereocenters. The lowest BCUT2D eigenvalue weighted by Gasteiger charge is -2.28. The standard InChI is InChI=1S/C23H32N8O/c1-5-18(24)17-10-16(8-9-19(17)25-6-2)32-23-20-22(28-13-29-23)31(7-3)21(30-20)15-11-26-14(4)27-12-15/h11-13,16,21,30H,5-10,24H2,1-4H3. The fraction of sp³-hybridized carbons (Fsp3) is 0.522. The molecule has 2 atom stereocenters. The van der Waals surface area contributed by atoms with Gasteiger partial charge in [-0.05, 0) is 45.6 Å². The average Bonchev–Trinajstić information content (AvgIpc) is 3.20. The zero-order valence-electron chi connectivity index (χ0n) is 19.3. The van der Waals surface area contributed by atoms with E-state index in [1.54, 1.807) is 6.33 Å². The number of nitrogens with one attached hydrogen (secondary N) is 1. The maximum absolute atomic E-state index is 6.43. The van der Waals surface area contributed by atoms with Crippen molar-refractivity contribution in [2.45, 2.75) is 65.6 Å². The molecule has 1 aliphatic heterocycles. The van der Waals surface area contributed by atoms with Gasteiger partial charge < -0.3 is 20.7 Å². The molecule has 0 bridgehead atoms. The van der Waals surface area contributed by atoms with Crippen molar-refractivity contribution < 1.29 is 4.74 Å². The second kappa shape index (κ2) is 9.50. The summed E-state index contributed by atoms with van der Waals surface area (Å²) in [5, 5.41) is 3.54. The number of anilines is 2. The smallest absolute Gasteiger partial charge is 0.243 e. The van der Waals surface area contributed by atoms with E-state index in [1.807, 2.05) is 19.3 Å². The Morgan fingerprint density at radius 1 is 1.22 bits per heavy atom. The van der Waals surface area contributed by atoms with E-state index in [-0.39, 0.29) is 12.3 Å². The molecule has 32 heavy (non-hydrogen) atoms. The third-order valence-corrected chi connectivity index (χ3v) is 5.99. The van der Waals surface area contributed by atoms with Gasteiger partial charge in [0.15, 0.2) is 5.82 Å². The Kier molecular flexibility index (Phi) is 6.53. The molecule has 1 fully saturated rings. The Hall–Kier alpha value is -3.23. The number of nitrogens with zero attached hydrogens (tertiary/aromatic N) is 6. The van der Waals surface area contributed by atoms with E-state index in [1.165, 1.54) is 0 Å². The number of nitrogens with two attached hydrogens (primary N) is 1. The third kappa shape index (κ3) is 4.24. The first kappa shape index (κ1) is 22.0. The minimum atomic E-state index is -0.115. The summed E-state index contributed by atoms with van der Waals surface area (Å²) in [6, 6.07) is 0. The van der Waals surface area contributed by atoms with Gasteiger partial charge in [-0.2, -0.15) is 4.98 Å². The summed E-state index contributed by atoms with van der Waals surface area (Å²) in [7, 11) is 0. The van der Waals surface area contributed by atoms with Crippen LogP contribution in [0.1, 0.15) is 64.0 Å². The molecule has 2 aromatic rings. The lowest BCUT2D eigenvalue weighted by atomic mass is 9.88. The van der Waals surface area contributed by atoms with E-state index in [0.29, 0.717) is 5.88 Å². The molecular formula is C23H32N8O. The number of aromatic nitrogens is 4. The Morgan fingerprint density at radius 2 is 2.00 bits per heavy atom. The van der Waals surface area contributed by atoms with Gasteiger partial charge >= 0.3 is 0 Å². The fourth-order valence-electron chi connectivity index (χ4n) is 4.32. The van der Waals surface area contributed by atoms with E-state index >= 15 is 0 Å². The van der Waals surface area contributed by atoms with Crippen molar-refractivity contribution in [3.63, 3.8) is 0 Å². The molecule has 0 spiro atoms. The summed E-state index contributed by atoms with van der Waals surface area (Å²) in [4.78, 5) is 24.6. The lowest BCUT2D eigenvalue weighted by molar-refractivity contribution is 0.183. The van der Waals surface area contributed by atoms with Crippen LogP contribution in [0.4, 0.5) is 11.5 Å². The van der Waals surface area contributed by atoms with E-state index < -0.39 is 0 Å². The molecule has 9 nitrogen and oxygen atoms in total. The molecule has 4 rings (SSSR count). The van der Waals surface area contributed by atoms with Crippen LogP contribution in [0.3, 0.4) is 0 Å². The maximum atomic E-state index is 6.43. The van der Waals surface area contributed by atoms with E-state index in [0.717, 1.165) is 78.6 Å². The Bertz CT molecular complexity index is 1020. The second-order valence-corrected chi connectivity index (χ2v) is 8.03. The molecule has 2 aromatic heterocycles. The van der Waals surface area contributed by atoms with Gasteiger partial charge in [-0.15, -0.1) is 0 Å². The van der Waals surface area contributed by atoms with Crippen molar-refractivity contribution in [1.82, 2.24) is 19.9 Å². The molecule has 0 amide bonds. The molecule has 170 valence electrons. The SMILES string of the molecule is CCN=C1CCC(Oc2ncnc3c2NC(c2cnc(C)nc2)N3CC)CC1=C(N)CC. The quantitative estimate of drug-likeness (QED) is 0.707. The van der Waals surface area contributed by atoms with Crippen molar-refractivity contribution in [2.75, 3.05) is 23.3 Å². The first-order valence-electron chi connectivity index (χ1n) is 11.4. The number of rotatable bonds is 6. The van der Waals surface area contributed by atoms with Gasteiger partial charge in [-0.25, -0.2) is 15.0 Å². The summed E-state index contributed by atoms with van der Waals surface area (Å²) in [6.45, 7) is 9.65. The topological polar surface area (TPSA) is 114 Å². The van der Waals surface area contributed by atoms with Crippen LogP contribution < -0.4 is 20.7 Å². The monoisotopic (exact) mass is 436 g/mol. The predicted molar refractivity (Wildman–Crippen MR) is 126 cm³/mol. The number of aliphatic imine (C=N–C) groups is 1. The normalized spacial score (nSPS) is 23.1. The van der Waals surface area contributed by atoms with E-state index in [4.69, 9.17) is 10.5 Å². The van der Waals surface area contributed by atoms with Crippen LogP contribution >= 0.6 is 0 Å². The van der Waals surface area contributed by atoms with Crippen LogP contribution in [0, 0.1) is 6.92 Å². The van der Waals surface area contributed by atoms with Crippen LogP contribution in [0.2, 0.25) is 0 Å². The molecule has 2 aliphatic rings. The number of hydrogen-bond acceptors (Lipinski definition) is 9. The van der Waals surface area contributed by atoms with Crippen molar-refractivity contribution >= 4 is 17.2 Å². The second-order valence-electron chi connectivity index (χ2n) is 8.03. The van der Waals surface area contributed by atoms with Crippen molar-refractivity contribution in [2.24, 2.45) is 10.7 Å². The van der Waals surface area contributed by atoms with Gasteiger partial charge in [0.25, 0.3) is 0 Å². The molecule has 0 aromatic carbocycles. The van der Waals surface area contributed by atoms with Crippen molar-refractivity contribution in [3.8, 4) is 5.88 Å². The predicted octanol–water partition coefficient (Wildman–Crippen LogP) is 3.54. The molecule has 3 heterocycles. The van der Waals surface area contributed by atoms with Crippen molar-refractivity contribution in [3.05, 3.63) is 41.4 Å². The van der Waals surface area contributed by atoms with Crippen LogP contribution in [0.5, 0.6) is 5.88 Å². The first-order chi connectivity index (χ1) is 15.5. The zero-order valence-corrected chi connectivity index (χ0v) is 19.3. The minimum Gasteiger partial charge on any atom is -0.472 e. The van der Waals surface area contributed by atoms with Crippen LogP contribution in [-0.2, 0) is 0 Å². The summed E-state index contributed by atoms with van der Waals surface area (Å²) >= 11 is 0. The highest BCUT2D eigenvalue weighted by Crippen LogP contribution is 2.44. The van der Waals surface area contributed by atoms with E-state index in [2.05, 4.69) is 55.9 Å². The van der Waals surface area contributed by atoms with Gasteiger partial charge in [0.1, 0.15) is 30.1 Å². The molecule has 9 heteroatoms. The largest absolute Gasteiger partial charge is 0.472 e. The van der Waals surface area contributed by atoms with Crippen LogP contribution in [0.25, 0.3) is 0 Å². The molecule has 0 saturated heterocycles. The molecular weight excluding hydrogens is 404 g/mol. The summed E-state index contributed by atoms with van der Waals surface area (Å²) in [6.07, 6.45) is 8.43. The highest BCUT2D eigenvalue weighted by Gasteiger charge is 2.35. The number of hydrogen-bond donors (Lipinski definition) is 2. The molecule has 0 radical (unpaired) electrons. The van der Waals surface area contributed by atoms with Gasteiger partial charge in [-0.1, -0.05) is 6.92 Å². The Balaban J connectivity index is 1.58. The highest BCUT2D eigenvalue weighted by molar-refractivity contribution is 6.01. The van der Waals surface area contributed by atoms with Gasteiger partial charge in [0.2, 0.25) is 5.88 Å². The van der Waals surface area contributed by atoms with E-state index in [9.17, 15) is 0 Å². The maximum Gasteiger partial charge on any atom is 0.243 e. The number of ether oxygens (including phenoxy) is 1. The van der Waals surface area contributed by atoms with Crippen LogP contribution in [-0.4, -0.2) is 44.8 Å². The van der Waals surface area contributed by atoms with Gasteiger partial charge in [0, 0.05) is 48.9 Å². The first-order valence-corrected chi connectivity index (χ1v) is 11.4. The minimum absolute atomic E-state index is 0.0106. The summed E-state index contributed by atoms with van der Waals surface area (Å²) in [5.41, 5.74) is 11.3. The van der Waals surface area contributed by atoms with Gasteiger partial charge in [-0.3, -0.25) is 4.99 Å². The van der Waals surface area contributed by atoms with Crippen molar-refractivity contribution in [1.29, 1.82) is 0 Å². The molecule has 1 aliphatic carbocycles. The number of allylic oxidation sites excluding steroid dienone is 1. The fourth-order valence-corrected chi connectivity index (χ4v) is 4.32.